The molecule has 0 aliphatic carbocycles. The summed E-state index contributed by atoms with van der Waals surface area (Å²) in [6.45, 7) is 2.29. The van der Waals surface area contributed by atoms with E-state index >= 15 is 0 Å². The Kier molecular flexibility index (Phi) is 2.21. The number of nitrogen functional groups attached to an aromatic ring is 1. The third kappa shape index (κ3) is 1.49. The molecular weight excluding hydrogens is 190 g/mol. The van der Waals surface area contributed by atoms with Crippen molar-refractivity contribution in [1.29, 1.82) is 0 Å². The Morgan fingerprint density at radius 2 is 2.13 bits per heavy atom. The second kappa shape index (κ2) is 3.40. The topological polar surface area (TPSA) is 85.2 Å². The first-order valence-electron chi connectivity index (χ1n) is 4.71. The van der Waals surface area contributed by atoms with Crippen molar-refractivity contribution >= 4 is 16.7 Å². The van der Waals surface area contributed by atoms with Crippen molar-refractivity contribution in [1.82, 2.24) is 4.98 Å². The van der Waals surface area contributed by atoms with Crippen LogP contribution >= 0.6 is 0 Å². The molecule has 78 valence electrons. The van der Waals surface area contributed by atoms with E-state index in [-0.39, 0.29) is 5.75 Å². The number of anilines is 1. The van der Waals surface area contributed by atoms with Crippen molar-refractivity contribution in [3.63, 3.8) is 0 Å². The number of aryl methyl sites for hydroxylation is 1. The van der Waals surface area contributed by atoms with Crippen LogP contribution in [0.3, 0.4) is 0 Å². The number of nitrogens with zero attached hydrogens (tertiary/aromatic N) is 1. The van der Waals surface area contributed by atoms with Crippen molar-refractivity contribution in [3.8, 4) is 5.75 Å². The van der Waals surface area contributed by atoms with E-state index in [9.17, 15) is 5.11 Å². The maximum absolute atomic E-state index is 9.40. The minimum Gasteiger partial charge on any atom is -0.508 e. The Balaban J connectivity index is 2.86. The van der Waals surface area contributed by atoms with Crippen LogP contribution in [0, 0.1) is 6.92 Å². The summed E-state index contributed by atoms with van der Waals surface area (Å²) in [5, 5.41) is 10.3. The van der Waals surface area contributed by atoms with Gasteiger partial charge in [0.15, 0.2) is 0 Å². The predicted octanol–water partition coefficient (Wildman–Crippen LogP) is 1.29. The van der Waals surface area contributed by atoms with Gasteiger partial charge in [0.05, 0.1) is 5.52 Å². The number of aromatic hydroxyl groups is 1. The number of benzene rings is 1. The third-order valence-electron chi connectivity index (χ3n) is 2.59. The molecule has 2 rings (SSSR count). The number of fused-ring (bicyclic) bond motifs is 1. The molecule has 15 heavy (non-hydrogen) atoms. The van der Waals surface area contributed by atoms with Gasteiger partial charge in [-0.25, -0.2) is 4.98 Å². The second-order valence-electron chi connectivity index (χ2n) is 3.51. The highest BCUT2D eigenvalue weighted by Gasteiger charge is 2.08. The van der Waals surface area contributed by atoms with E-state index in [1.807, 2.05) is 6.92 Å². The number of rotatable bonds is 1. The first-order chi connectivity index (χ1) is 7.13. The maximum Gasteiger partial charge on any atom is 0.128 e. The van der Waals surface area contributed by atoms with Crippen LogP contribution in [0.5, 0.6) is 5.75 Å². The average Bonchev–Trinajstić information content (AvgIpc) is 2.20. The van der Waals surface area contributed by atoms with Crippen LogP contribution in [-0.4, -0.2) is 10.1 Å². The molecule has 0 aliphatic heterocycles. The molecule has 0 bridgehead atoms. The Bertz CT molecular complexity index is 523. The molecule has 4 nitrogen and oxygen atoms in total. The number of pyridine rings is 1. The van der Waals surface area contributed by atoms with Gasteiger partial charge in [0.2, 0.25) is 0 Å². The van der Waals surface area contributed by atoms with E-state index in [1.165, 1.54) is 0 Å². The summed E-state index contributed by atoms with van der Waals surface area (Å²) in [4.78, 5) is 4.24. The maximum atomic E-state index is 9.40. The molecule has 1 aromatic heterocycles. The van der Waals surface area contributed by atoms with E-state index < -0.39 is 0 Å². The Morgan fingerprint density at radius 1 is 1.40 bits per heavy atom. The Labute approximate surface area is 87.5 Å². The molecule has 0 radical (unpaired) electrons. The molecule has 1 aromatic carbocycles. The molecule has 2 aromatic rings. The lowest BCUT2D eigenvalue weighted by Gasteiger charge is -2.10. The van der Waals surface area contributed by atoms with Gasteiger partial charge >= 0.3 is 0 Å². The smallest absolute Gasteiger partial charge is 0.128 e. The summed E-state index contributed by atoms with van der Waals surface area (Å²) < 4.78 is 0. The molecule has 0 saturated carbocycles. The molecule has 0 unspecified atom stereocenters. The zero-order valence-corrected chi connectivity index (χ0v) is 8.49. The van der Waals surface area contributed by atoms with Gasteiger partial charge in [-0.1, -0.05) is 0 Å². The van der Waals surface area contributed by atoms with Crippen LogP contribution in [0.25, 0.3) is 10.9 Å². The summed E-state index contributed by atoms with van der Waals surface area (Å²) in [5.41, 5.74) is 14.0. The number of hydrogen-bond acceptors (Lipinski definition) is 4. The normalized spacial score (nSPS) is 10.8. The van der Waals surface area contributed by atoms with Gasteiger partial charge in [-0.15, -0.1) is 0 Å². The minimum atomic E-state index is 0.222. The van der Waals surface area contributed by atoms with Crippen molar-refractivity contribution in [2.75, 3.05) is 5.73 Å². The first-order valence-corrected chi connectivity index (χ1v) is 4.71. The molecule has 0 spiro atoms. The highest BCUT2D eigenvalue weighted by atomic mass is 16.3. The molecule has 0 fully saturated rings. The average molecular weight is 203 g/mol. The van der Waals surface area contributed by atoms with Crippen molar-refractivity contribution in [3.05, 3.63) is 29.3 Å². The summed E-state index contributed by atoms with van der Waals surface area (Å²) >= 11 is 0. The van der Waals surface area contributed by atoms with Gasteiger partial charge in [0, 0.05) is 17.5 Å². The van der Waals surface area contributed by atoms with E-state index in [1.54, 1.807) is 18.2 Å². The van der Waals surface area contributed by atoms with Gasteiger partial charge in [-0.3, -0.25) is 0 Å². The minimum absolute atomic E-state index is 0.222. The van der Waals surface area contributed by atoms with Crippen LogP contribution in [-0.2, 0) is 6.54 Å². The predicted molar refractivity (Wildman–Crippen MR) is 60.4 cm³/mol. The number of phenols is 1. The fraction of sp³-hybridized carbons (Fsp3) is 0.182. The highest BCUT2D eigenvalue weighted by Crippen LogP contribution is 2.26. The molecule has 0 aliphatic rings. The van der Waals surface area contributed by atoms with Crippen molar-refractivity contribution < 1.29 is 5.11 Å². The number of phenolic OH excluding ortho intramolecular Hbond substituents is 1. The van der Waals surface area contributed by atoms with Crippen LogP contribution < -0.4 is 11.5 Å². The van der Waals surface area contributed by atoms with E-state index in [4.69, 9.17) is 11.5 Å². The lowest BCUT2D eigenvalue weighted by Crippen LogP contribution is -2.06. The van der Waals surface area contributed by atoms with Crippen molar-refractivity contribution in [2.45, 2.75) is 13.5 Å². The van der Waals surface area contributed by atoms with Gasteiger partial charge in [-0.05, 0) is 30.7 Å². The lowest BCUT2D eigenvalue weighted by molar-refractivity contribution is 0.476. The molecule has 0 atom stereocenters. The zero-order chi connectivity index (χ0) is 11.0. The fourth-order valence-electron chi connectivity index (χ4n) is 1.73. The quantitative estimate of drug-likeness (QED) is 0.652. The van der Waals surface area contributed by atoms with Gasteiger partial charge in [0.1, 0.15) is 11.6 Å². The molecule has 0 amide bonds. The standard InChI is InChI=1S/C11H13N3O/c1-6-8-4-7(15)2-3-10(8)14-11(13)9(6)5-12/h2-4,15H,5,12H2,1H3,(H2,13,14). The largest absolute Gasteiger partial charge is 0.508 e. The van der Waals surface area contributed by atoms with Crippen LogP contribution in [0.1, 0.15) is 11.1 Å². The van der Waals surface area contributed by atoms with Crippen LogP contribution in [0.15, 0.2) is 18.2 Å². The molecule has 4 heteroatoms. The van der Waals surface area contributed by atoms with Gasteiger partial charge in [0.25, 0.3) is 0 Å². The molecular formula is C11H13N3O. The van der Waals surface area contributed by atoms with Crippen LogP contribution in [0.2, 0.25) is 0 Å². The Morgan fingerprint density at radius 3 is 2.80 bits per heavy atom. The Hall–Kier alpha value is -1.81. The number of nitrogens with two attached hydrogens (primary N) is 2. The summed E-state index contributed by atoms with van der Waals surface area (Å²) in [6, 6.07) is 5.01. The zero-order valence-electron chi connectivity index (χ0n) is 8.49. The lowest BCUT2D eigenvalue weighted by atomic mass is 10.0. The van der Waals surface area contributed by atoms with Crippen LogP contribution in [0.4, 0.5) is 5.82 Å². The van der Waals surface area contributed by atoms with Crippen molar-refractivity contribution in [2.24, 2.45) is 5.73 Å². The van der Waals surface area contributed by atoms with E-state index in [0.29, 0.717) is 12.4 Å². The molecule has 1 heterocycles. The SMILES string of the molecule is Cc1c(CN)c(N)nc2ccc(O)cc12. The monoisotopic (exact) mass is 203 g/mol. The number of hydrogen-bond donors (Lipinski definition) is 3. The van der Waals surface area contributed by atoms with Gasteiger partial charge < -0.3 is 16.6 Å². The molecule has 0 saturated heterocycles. The highest BCUT2D eigenvalue weighted by molar-refractivity contribution is 5.86. The summed E-state index contributed by atoms with van der Waals surface area (Å²) in [6.07, 6.45) is 0. The second-order valence-corrected chi connectivity index (χ2v) is 3.51. The molecule has 5 N–H and O–H groups in total. The number of aromatic nitrogens is 1. The third-order valence-corrected chi connectivity index (χ3v) is 2.59. The summed E-state index contributed by atoms with van der Waals surface area (Å²) in [5.74, 6) is 0.688. The van der Waals surface area contributed by atoms with Gasteiger partial charge in [-0.2, -0.15) is 0 Å². The fourth-order valence-corrected chi connectivity index (χ4v) is 1.73. The van der Waals surface area contributed by atoms with E-state index in [2.05, 4.69) is 4.98 Å². The summed E-state index contributed by atoms with van der Waals surface area (Å²) in [7, 11) is 0. The first kappa shape index (κ1) is 9.73. The van der Waals surface area contributed by atoms with E-state index in [0.717, 1.165) is 22.0 Å².